The maximum atomic E-state index is 12.0. The van der Waals surface area contributed by atoms with E-state index < -0.39 is 0 Å². The average Bonchev–Trinajstić information content (AvgIpc) is 2.99. The maximum absolute atomic E-state index is 12.0. The molecular weight excluding hydrogens is 312 g/mol. The van der Waals surface area contributed by atoms with Crippen LogP contribution in [0.5, 0.6) is 0 Å². The maximum Gasteiger partial charge on any atom is 0.228 e. The molecule has 0 saturated carbocycles. The molecule has 3 nitrogen and oxygen atoms in total. The van der Waals surface area contributed by atoms with E-state index in [0.29, 0.717) is 0 Å². The van der Waals surface area contributed by atoms with Crippen LogP contribution in [0.2, 0.25) is 0 Å². The first-order valence-corrected chi connectivity index (χ1v) is 8.01. The second-order valence-electron chi connectivity index (χ2n) is 4.80. The van der Waals surface area contributed by atoms with Gasteiger partial charge in [-0.15, -0.1) is 11.3 Å². The van der Waals surface area contributed by atoms with E-state index in [1.54, 1.807) is 11.3 Å². The van der Waals surface area contributed by atoms with Crippen LogP contribution in [0.1, 0.15) is 30.6 Å². The van der Waals surface area contributed by atoms with Crippen LogP contribution in [-0.2, 0) is 4.79 Å². The SMILES string of the molecule is CC(C(=O)NCCC1CCNC1)c1ccc(Br)s1. The first kappa shape index (κ1) is 14.0. The van der Waals surface area contributed by atoms with Crippen molar-refractivity contribution in [3.05, 3.63) is 20.8 Å². The topological polar surface area (TPSA) is 41.1 Å². The van der Waals surface area contributed by atoms with Gasteiger partial charge in [-0.25, -0.2) is 0 Å². The van der Waals surface area contributed by atoms with Gasteiger partial charge in [0.25, 0.3) is 0 Å². The van der Waals surface area contributed by atoms with Gasteiger partial charge in [0.2, 0.25) is 5.91 Å². The Morgan fingerprint density at radius 1 is 1.67 bits per heavy atom. The van der Waals surface area contributed by atoms with Crippen LogP contribution < -0.4 is 10.6 Å². The molecule has 1 aliphatic rings. The minimum absolute atomic E-state index is 0.0528. The molecule has 1 aliphatic heterocycles. The zero-order valence-electron chi connectivity index (χ0n) is 10.5. The summed E-state index contributed by atoms with van der Waals surface area (Å²) in [5.41, 5.74) is 0. The lowest BCUT2D eigenvalue weighted by Crippen LogP contribution is -2.29. The molecule has 2 atom stereocenters. The number of halogens is 1. The van der Waals surface area contributed by atoms with Crippen LogP contribution in [-0.4, -0.2) is 25.5 Å². The number of rotatable bonds is 5. The Labute approximate surface area is 120 Å². The van der Waals surface area contributed by atoms with Gasteiger partial charge in [0.1, 0.15) is 0 Å². The highest BCUT2D eigenvalue weighted by molar-refractivity contribution is 9.11. The van der Waals surface area contributed by atoms with E-state index in [0.717, 1.165) is 40.6 Å². The molecule has 0 aromatic carbocycles. The molecule has 1 fully saturated rings. The zero-order valence-corrected chi connectivity index (χ0v) is 12.9. The Morgan fingerprint density at radius 2 is 2.50 bits per heavy atom. The standard InChI is InChI=1S/C13H19BrN2OS/c1-9(11-2-3-12(14)18-11)13(17)16-7-5-10-4-6-15-8-10/h2-3,9-10,15H,4-8H2,1H3,(H,16,17). The number of carbonyl (C=O) groups is 1. The van der Waals surface area contributed by atoms with Crippen LogP contribution in [0.15, 0.2) is 15.9 Å². The van der Waals surface area contributed by atoms with Crippen molar-refractivity contribution in [3.63, 3.8) is 0 Å². The number of amides is 1. The fourth-order valence-corrected chi connectivity index (χ4v) is 3.68. The van der Waals surface area contributed by atoms with E-state index in [2.05, 4.69) is 26.6 Å². The molecular formula is C13H19BrN2OS. The smallest absolute Gasteiger partial charge is 0.228 e. The van der Waals surface area contributed by atoms with Crippen molar-refractivity contribution in [2.45, 2.75) is 25.7 Å². The summed E-state index contributed by atoms with van der Waals surface area (Å²) < 4.78 is 1.08. The van der Waals surface area contributed by atoms with Gasteiger partial charge in [0.05, 0.1) is 9.70 Å². The van der Waals surface area contributed by atoms with Crippen molar-refractivity contribution in [1.29, 1.82) is 0 Å². The van der Waals surface area contributed by atoms with Crippen LogP contribution >= 0.6 is 27.3 Å². The summed E-state index contributed by atoms with van der Waals surface area (Å²) in [7, 11) is 0. The van der Waals surface area contributed by atoms with Crippen molar-refractivity contribution in [2.24, 2.45) is 5.92 Å². The molecule has 2 heterocycles. The third kappa shape index (κ3) is 3.80. The lowest BCUT2D eigenvalue weighted by molar-refractivity contribution is -0.122. The first-order valence-electron chi connectivity index (χ1n) is 6.40. The zero-order chi connectivity index (χ0) is 13.0. The lowest BCUT2D eigenvalue weighted by Gasteiger charge is -2.12. The molecule has 1 aromatic heterocycles. The summed E-state index contributed by atoms with van der Waals surface area (Å²) in [5.74, 6) is 0.815. The Morgan fingerprint density at radius 3 is 3.11 bits per heavy atom. The Balaban J connectivity index is 1.73. The summed E-state index contributed by atoms with van der Waals surface area (Å²) >= 11 is 5.06. The summed E-state index contributed by atoms with van der Waals surface area (Å²) in [4.78, 5) is 13.1. The lowest BCUT2D eigenvalue weighted by atomic mass is 10.0. The summed E-state index contributed by atoms with van der Waals surface area (Å²) in [6.45, 7) is 4.98. The van der Waals surface area contributed by atoms with Crippen LogP contribution in [0.25, 0.3) is 0 Å². The molecule has 2 rings (SSSR count). The van der Waals surface area contributed by atoms with Gasteiger partial charge in [0.15, 0.2) is 0 Å². The quantitative estimate of drug-likeness (QED) is 0.871. The van der Waals surface area contributed by atoms with E-state index >= 15 is 0 Å². The number of carbonyl (C=O) groups excluding carboxylic acids is 1. The minimum atomic E-state index is -0.0528. The number of thiophene rings is 1. The molecule has 0 radical (unpaired) electrons. The van der Waals surface area contributed by atoms with Crippen LogP contribution in [0, 0.1) is 5.92 Å². The highest BCUT2D eigenvalue weighted by Gasteiger charge is 2.18. The third-order valence-corrected chi connectivity index (χ3v) is 5.23. The Kier molecular flexibility index (Phi) is 5.21. The monoisotopic (exact) mass is 330 g/mol. The molecule has 1 aromatic rings. The Bertz CT molecular complexity index is 401. The normalized spacial score (nSPS) is 20.9. The molecule has 0 aliphatic carbocycles. The van der Waals surface area contributed by atoms with Crippen molar-refractivity contribution in [3.8, 4) is 0 Å². The molecule has 1 amide bonds. The number of hydrogen-bond donors (Lipinski definition) is 2. The summed E-state index contributed by atoms with van der Waals surface area (Å²) in [5, 5.41) is 6.39. The molecule has 5 heteroatoms. The highest BCUT2D eigenvalue weighted by atomic mass is 79.9. The van der Waals surface area contributed by atoms with E-state index in [1.165, 1.54) is 6.42 Å². The molecule has 2 unspecified atom stereocenters. The van der Waals surface area contributed by atoms with Gasteiger partial charge in [-0.05, 0) is 66.8 Å². The van der Waals surface area contributed by atoms with Gasteiger partial charge >= 0.3 is 0 Å². The van der Waals surface area contributed by atoms with Gasteiger partial charge < -0.3 is 10.6 Å². The van der Waals surface area contributed by atoms with E-state index in [-0.39, 0.29) is 11.8 Å². The van der Waals surface area contributed by atoms with Gasteiger partial charge in [-0.3, -0.25) is 4.79 Å². The molecule has 100 valence electrons. The fourth-order valence-electron chi connectivity index (χ4n) is 2.20. The van der Waals surface area contributed by atoms with E-state index in [1.807, 2.05) is 19.1 Å². The van der Waals surface area contributed by atoms with Gasteiger partial charge in [-0.2, -0.15) is 0 Å². The molecule has 0 spiro atoms. The van der Waals surface area contributed by atoms with E-state index in [9.17, 15) is 4.79 Å². The molecule has 0 bridgehead atoms. The van der Waals surface area contributed by atoms with Gasteiger partial charge in [-0.1, -0.05) is 0 Å². The van der Waals surface area contributed by atoms with Crippen LogP contribution in [0.4, 0.5) is 0 Å². The summed E-state index contributed by atoms with van der Waals surface area (Å²) in [6, 6.07) is 4.01. The van der Waals surface area contributed by atoms with Crippen molar-refractivity contribution < 1.29 is 4.79 Å². The second-order valence-corrected chi connectivity index (χ2v) is 7.30. The van der Waals surface area contributed by atoms with E-state index in [4.69, 9.17) is 0 Å². The highest BCUT2D eigenvalue weighted by Crippen LogP contribution is 2.28. The molecule has 2 N–H and O–H groups in total. The predicted molar refractivity (Wildman–Crippen MR) is 79.0 cm³/mol. The second kappa shape index (κ2) is 6.68. The number of nitrogens with one attached hydrogen (secondary N) is 2. The minimum Gasteiger partial charge on any atom is -0.356 e. The van der Waals surface area contributed by atoms with Crippen LogP contribution in [0.3, 0.4) is 0 Å². The summed E-state index contributed by atoms with van der Waals surface area (Å²) in [6.07, 6.45) is 2.32. The number of hydrogen-bond acceptors (Lipinski definition) is 3. The Hall–Kier alpha value is -0.390. The predicted octanol–water partition coefficient (Wildman–Crippen LogP) is 2.73. The third-order valence-electron chi connectivity index (χ3n) is 3.43. The first-order chi connectivity index (χ1) is 8.66. The largest absolute Gasteiger partial charge is 0.356 e. The van der Waals surface area contributed by atoms with Crippen molar-refractivity contribution in [1.82, 2.24) is 10.6 Å². The van der Waals surface area contributed by atoms with Crippen molar-refractivity contribution >= 4 is 33.2 Å². The van der Waals surface area contributed by atoms with Crippen molar-refractivity contribution in [2.75, 3.05) is 19.6 Å². The van der Waals surface area contributed by atoms with Gasteiger partial charge in [0, 0.05) is 11.4 Å². The average molecular weight is 331 g/mol. The fraction of sp³-hybridized carbons (Fsp3) is 0.615. The molecule has 1 saturated heterocycles. The molecule has 18 heavy (non-hydrogen) atoms.